The van der Waals surface area contributed by atoms with E-state index in [0.717, 1.165) is 42.2 Å². The molecular weight excluding hydrogens is 364 g/mol. The maximum Gasteiger partial charge on any atom is 0.249 e. The van der Waals surface area contributed by atoms with Crippen molar-refractivity contribution in [2.75, 3.05) is 16.8 Å². The summed E-state index contributed by atoms with van der Waals surface area (Å²) >= 11 is 0. The molecule has 1 atom stereocenters. The van der Waals surface area contributed by atoms with Gasteiger partial charge in [-0.15, -0.1) is 0 Å². The smallest absolute Gasteiger partial charge is 0.249 e. The van der Waals surface area contributed by atoms with Crippen molar-refractivity contribution in [3.63, 3.8) is 0 Å². The molecule has 1 saturated carbocycles. The number of imidazole rings is 1. The van der Waals surface area contributed by atoms with Gasteiger partial charge in [0, 0.05) is 31.0 Å². The molecule has 0 spiro atoms. The van der Waals surface area contributed by atoms with Crippen LogP contribution in [-0.2, 0) is 4.79 Å². The van der Waals surface area contributed by atoms with E-state index >= 15 is 0 Å². The molecule has 0 bridgehead atoms. The van der Waals surface area contributed by atoms with E-state index in [2.05, 4.69) is 21.8 Å². The largest absolute Gasteiger partial charge is 0.340 e. The Morgan fingerprint density at radius 1 is 1.14 bits per heavy atom. The number of carbonyl (C=O) groups is 1. The lowest BCUT2D eigenvalue weighted by molar-refractivity contribution is -0.120. The molecule has 5 rings (SSSR count). The van der Waals surface area contributed by atoms with Crippen LogP contribution in [0.15, 0.2) is 48.9 Å². The summed E-state index contributed by atoms with van der Waals surface area (Å²) in [6, 6.07) is 10.2. The fraction of sp³-hybridized carbons (Fsp3) is 0.364. The number of carbonyl (C=O) groups excluding carboxylic acids is 1. The first-order chi connectivity index (χ1) is 14.2. The van der Waals surface area contributed by atoms with Gasteiger partial charge in [-0.2, -0.15) is 4.98 Å². The molecule has 3 heterocycles. The van der Waals surface area contributed by atoms with Gasteiger partial charge in [-0.05, 0) is 25.7 Å². The summed E-state index contributed by atoms with van der Waals surface area (Å²) in [5.74, 6) is 2.34. The second kappa shape index (κ2) is 6.99. The van der Waals surface area contributed by atoms with Crippen molar-refractivity contribution in [3.05, 3.63) is 48.9 Å². The zero-order valence-corrected chi connectivity index (χ0v) is 16.7. The van der Waals surface area contributed by atoms with E-state index in [9.17, 15) is 4.79 Å². The molecule has 1 aliphatic carbocycles. The highest BCUT2D eigenvalue weighted by Gasteiger charge is 2.42. The fourth-order valence-electron chi connectivity index (χ4n) is 4.24. The number of rotatable bonds is 4. The van der Waals surface area contributed by atoms with E-state index < -0.39 is 0 Å². The van der Waals surface area contributed by atoms with Gasteiger partial charge >= 0.3 is 0 Å². The summed E-state index contributed by atoms with van der Waals surface area (Å²) in [4.78, 5) is 30.9. The van der Waals surface area contributed by atoms with E-state index in [1.807, 2.05) is 48.1 Å². The van der Waals surface area contributed by atoms with Crippen LogP contribution >= 0.6 is 0 Å². The number of likely N-dealkylation sites (N-methyl/N-ethyl adjacent to an activating group) is 1. The Balaban J connectivity index is 1.63. The number of hydrogen-bond acceptors (Lipinski definition) is 5. The normalized spacial score (nSPS) is 19.2. The number of hydrogen-bond donors (Lipinski definition) is 0. The Hall–Kier alpha value is -3.22. The minimum Gasteiger partial charge on any atom is -0.340 e. The molecule has 1 fully saturated rings. The van der Waals surface area contributed by atoms with Crippen LogP contribution in [0, 0.1) is 0 Å². The van der Waals surface area contributed by atoms with Crippen molar-refractivity contribution >= 4 is 17.4 Å². The van der Waals surface area contributed by atoms with E-state index in [0.29, 0.717) is 12.0 Å². The van der Waals surface area contributed by atoms with E-state index in [1.165, 1.54) is 6.42 Å². The molecule has 1 amide bonds. The molecule has 1 aliphatic heterocycles. The predicted molar refractivity (Wildman–Crippen MR) is 112 cm³/mol. The van der Waals surface area contributed by atoms with Crippen LogP contribution in [0.4, 0.5) is 11.5 Å². The van der Waals surface area contributed by atoms with Gasteiger partial charge in [0.25, 0.3) is 0 Å². The molecule has 3 aromatic rings. The molecule has 148 valence electrons. The highest BCUT2D eigenvalue weighted by molar-refractivity contribution is 6.04. The van der Waals surface area contributed by atoms with Crippen molar-refractivity contribution < 1.29 is 4.79 Å². The van der Waals surface area contributed by atoms with Gasteiger partial charge in [0.05, 0.1) is 6.20 Å². The molecule has 1 aromatic carbocycles. The van der Waals surface area contributed by atoms with E-state index in [1.54, 1.807) is 17.3 Å². The van der Waals surface area contributed by atoms with Gasteiger partial charge < -0.3 is 9.80 Å². The van der Waals surface area contributed by atoms with Crippen LogP contribution in [0.2, 0.25) is 0 Å². The summed E-state index contributed by atoms with van der Waals surface area (Å²) < 4.78 is 1.91. The first kappa shape index (κ1) is 17.8. The van der Waals surface area contributed by atoms with Crippen molar-refractivity contribution in [2.45, 2.75) is 44.7 Å². The third kappa shape index (κ3) is 2.80. The quantitative estimate of drug-likeness (QED) is 0.685. The van der Waals surface area contributed by atoms with Crippen LogP contribution in [0.25, 0.3) is 17.3 Å². The number of amides is 1. The molecule has 0 N–H and O–H groups in total. The second-order valence-corrected chi connectivity index (χ2v) is 7.68. The average Bonchev–Trinajstić information content (AvgIpc) is 3.21. The Bertz CT molecular complexity index is 1040. The Morgan fingerprint density at radius 3 is 2.62 bits per heavy atom. The monoisotopic (exact) mass is 388 g/mol. The summed E-state index contributed by atoms with van der Waals surface area (Å²) in [6.07, 6.45) is 9.58. The third-order valence-corrected chi connectivity index (χ3v) is 6.04. The zero-order chi connectivity index (χ0) is 20.0. The van der Waals surface area contributed by atoms with E-state index in [4.69, 9.17) is 4.98 Å². The lowest BCUT2D eigenvalue weighted by atomic mass is 9.88. The van der Waals surface area contributed by atoms with E-state index in [-0.39, 0.29) is 11.9 Å². The van der Waals surface area contributed by atoms with Gasteiger partial charge in [-0.1, -0.05) is 37.3 Å². The van der Waals surface area contributed by atoms with Gasteiger partial charge in [-0.25, -0.2) is 9.97 Å². The first-order valence-electron chi connectivity index (χ1n) is 10.2. The molecule has 7 heteroatoms. The summed E-state index contributed by atoms with van der Waals surface area (Å²) in [5.41, 5.74) is 1.78. The summed E-state index contributed by atoms with van der Waals surface area (Å²) in [5, 5.41) is 0. The van der Waals surface area contributed by atoms with Gasteiger partial charge in [0.15, 0.2) is 5.82 Å². The lowest BCUT2D eigenvalue weighted by Crippen LogP contribution is -2.57. The fourth-order valence-corrected chi connectivity index (χ4v) is 4.24. The molecular formula is C22H24N6O. The minimum absolute atomic E-state index is 0.121. The topological polar surface area (TPSA) is 67.2 Å². The average molecular weight is 388 g/mol. The summed E-state index contributed by atoms with van der Waals surface area (Å²) in [7, 11) is 1.82. The van der Waals surface area contributed by atoms with Crippen molar-refractivity contribution in [3.8, 4) is 17.3 Å². The van der Waals surface area contributed by atoms with Crippen LogP contribution in [0.1, 0.15) is 32.6 Å². The predicted octanol–water partition coefficient (Wildman–Crippen LogP) is 3.44. The van der Waals surface area contributed by atoms with Gasteiger partial charge in [0.2, 0.25) is 11.9 Å². The lowest BCUT2D eigenvalue weighted by Gasteiger charge is -2.47. The Labute approximate surface area is 170 Å². The molecule has 2 aliphatic rings. The third-order valence-electron chi connectivity index (χ3n) is 6.04. The van der Waals surface area contributed by atoms with Crippen LogP contribution in [0.3, 0.4) is 0 Å². The van der Waals surface area contributed by atoms with Crippen molar-refractivity contribution in [1.82, 2.24) is 19.5 Å². The van der Waals surface area contributed by atoms with Crippen LogP contribution in [0.5, 0.6) is 0 Å². The molecule has 7 nitrogen and oxygen atoms in total. The number of fused-ring (bicyclic) bond motifs is 1. The Kier molecular flexibility index (Phi) is 4.30. The zero-order valence-electron chi connectivity index (χ0n) is 16.7. The number of aromatic nitrogens is 4. The van der Waals surface area contributed by atoms with Crippen molar-refractivity contribution in [1.29, 1.82) is 0 Å². The molecule has 2 aromatic heterocycles. The number of benzene rings is 1. The second-order valence-electron chi connectivity index (χ2n) is 7.68. The highest BCUT2D eigenvalue weighted by atomic mass is 16.2. The van der Waals surface area contributed by atoms with Gasteiger partial charge in [-0.3, -0.25) is 9.36 Å². The standard InChI is InChI=1S/C22H24N6O/c1-3-17-21(29)26(2)18-14-24-22(25-20(18)28(17)16-10-7-11-16)27-13-12-23-19(27)15-8-5-4-6-9-15/h4-6,8-9,12-14,16-17H,3,7,10-11H2,1-2H3/t17-/m1/s1. The van der Waals surface area contributed by atoms with Crippen molar-refractivity contribution in [2.24, 2.45) is 0 Å². The number of anilines is 2. The molecule has 29 heavy (non-hydrogen) atoms. The SMILES string of the molecule is CC[C@@H]1C(=O)N(C)c2cnc(-n3ccnc3-c3ccccc3)nc2N1C1CCC1. The first-order valence-corrected chi connectivity index (χ1v) is 10.2. The Morgan fingerprint density at radius 2 is 1.93 bits per heavy atom. The van der Waals surface area contributed by atoms with Gasteiger partial charge in [0.1, 0.15) is 17.6 Å². The minimum atomic E-state index is -0.170. The number of nitrogens with zero attached hydrogens (tertiary/aromatic N) is 6. The highest BCUT2D eigenvalue weighted by Crippen LogP contribution is 2.40. The molecule has 0 radical (unpaired) electrons. The molecule has 0 saturated heterocycles. The maximum absolute atomic E-state index is 12.9. The molecule has 0 unspecified atom stereocenters. The summed E-state index contributed by atoms with van der Waals surface area (Å²) in [6.45, 7) is 2.07. The van der Waals surface area contributed by atoms with Crippen LogP contribution in [-0.4, -0.2) is 44.6 Å². The van der Waals surface area contributed by atoms with Crippen LogP contribution < -0.4 is 9.80 Å². The maximum atomic E-state index is 12.9.